The maximum absolute atomic E-state index is 14.2. The quantitative estimate of drug-likeness (QED) is 0.137. The summed E-state index contributed by atoms with van der Waals surface area (Å²) >= 11 is 0. The molecule has 2 aromatic rings. The van der Waals surface area contributed by atoms with Gasteiger partial charge < -0.3 is 17.2 Å². The number of aryl methyl sites for hydroxylation is 2. The summed E-state index contributed by atoms with van der Waals surface area (Å²) in [6.45, 7) is 3.99. The van der Waals surface area contributed by atoms with Gasteiger partial charge in [0.05, 0.1) is 6.17 Å². The number of hydrogen-bond acceptors (Lipinski definition) is 7. The van der Waals surface area contributed by atoms with E-state index >= 15 is 0 Å². The number of allylic oxidation sites excluding steroid dienone is 5. The van der Waals surface area contributed by atoms with E-state index in [1.54, 1.807) is 24.3 Å². The van der Waals surface area contributed by atoms with E-state index in [9.17, 15) is 14.4 Å². The molecule has 2 aromatic carbocycles. The number of benzene rings is 2. The second kappa shape index (κ2) is 14.3. The van der Waals surface area contributed by atoms with Crippen molar-refractivity contribution < 1.29 is 14.4 Å². The zero-order valence-corrected chi connectivity index (χ0v) is 23.8. The number of amides is 1. The first kappa shape index (κ1) is 30.4. The van der Waals surface area contributed by atoms with Gasteiger partial charge in [0.25, 0.3) is 0 Å². The fourth-order valence-corrected chi connectivity index (χ4v) is 7.41. The molecule has 204 valence electrons. The lowest BCUT2D eigenvalue weighted by Gasteiger charge is -2.40. The molecule has 0 saturated carbocycles. The van der Waals surface area contributed by atoms with Gasteiger partial charge in [0.2, 0.25) is 5.91 Å². The summed E-state index contributed by atoms with van der Waals surface area (Å²) < 4.78 is -1.30. The molecule has 0 spiro atoms. The molecule has 0 aliphatic heterocycles. The van der Waals surface area contributed by atoms with Crippen molar-refractivity contribution in [2.24, 2.45) is 23.1 Å². The highest BCUT2D eigenvalue weighted by molar-refractivity contribution is 8.77. The molecular weight excluding hydrogens is 526 g/mol. The van der Waals surface area contributed by atoms with E-state index in [-0.39, 0.29) is 24.4 Å². The van der Waals surface area contributed by atoms with Crippen LogP contribution in [-0.2, 0) is 14.4 Å². The Bertz CT molecular complexity index is 1300. The average Bonchev–Trinajstić information content (AvgIpc) is 2.90. The average molecular weight is 562 g/mol. The molecule has 0 bridgehead atoms. The molecule has 6 N–H and O–H groups in total. The monoisotopic (exact) mass is 561 g/mol. The molecule has 3 rings (SSSR count). The second-order valence-electron chi connectivity index (χ2n) is 9.55. The van der Waals surface area contributed by atoms with E-state index in [2.05, 4.69) is 0 Å². The maximum Gasteiger partial charge on any atom is 0.218 e. The Hall–Kier alpha value is -3.17. The molecule has 1 aliphatic carbocycles. The standard InChI is InChI=1S/C31H35N3O3S2/c1-21-6-10-23(11-7-21)14-16-27(35)26-5-3-4-25(20-29(32)33)31(26,39-38-19-18-30(34)37)28(36)17-15-24-12-8-22(2)9-13-24/h3-17,25,29H,18-20,32-33H2,1-2H3,(H2,34,37). The third-order valence-corrected chi connectivity index (χ3v) is 9.44. The van der Waals surface area contributed by atoms with Crippen LogP contribution in [0.3, 0.4) is 0 Å². The van der Waals surface area contributed by atoms with Gasteiger partial charge >= 0.3 is 0 Å². The SMILES string of the molecule is Cc1ccc(C=CC(=O)C2=CC=CC(CC(N)N)C2(SSCCC(N)=O)C(=O)C=Cc2ccc(C)cc2)cc1. The van der Waals surface area contributed by atoms with Crippen molar-refractivity contribution in [3.05, 3.63) is 107 Å². The zero-order valence-electron chi connectivity index (χ0n) is 22.2. The van der Waals surface area contributed by atoms with E-state index < -0.39 is 22.7 Å². The molecule has 0 fully saturated rings. The Morgan fingerprint density at radius 1 is 0.923 bits per heavy atom. The van der Waals surface area contributed by atoms with Crippen LogP contribution in [0, 0.1) is 19.8 Å². The summed E-state index contributed by atoms with van der Waals surface area (Å²) in [7, 11) is 2.60. The van der Waals surface area contributed by atoms with Gasteiger partial charge in [0.15, 0.2) is 11.6 Å². The van der Waals surface area contributed by atoms with Crippen LogP contribution < -0.4 is 17.2 Å². The van der Waals surface area contributed by atoms with Crippen molar-refractivity contribution in [2.45, 2.75) is 37.6 Å². The van der Waals surface area contributed by atoms with Crippen LogP contribution in [0.25, 0.3) is 12.2 Å². The Morgan fingerprint density at radius 3 is 2.03 bits per heavy atom. The zero-order chi connectivity index (χ0) is 28.4. The van der Waals surface area contributed by atoms with Crippen molar-refractivity contribution in [1.29, 1.82) is 0 Å². The van der Waals surface area contributed by atoms with Crippen LogP contribution in [-0.4, -0.2) is 34.1 Å². The second-order valence-corrected chi connectivity index (χ2v) is 12.2. The van der Waals surface area contributed by atoms with Crippen LogP contribution in [0.2, 0.25) is 0 Å². The summed E-state index contributed by atoms with van der Waals surface area (Å²) in [5, 5.41) is 0. The van der Waals surface area contributed by atoms with Gasteiger partial charge in [0.1, 0.15) is 4.75 Å². The maximum atomic E-state index is 14.2. The molecule has 8 heteroatoms. The summed E-state index contributed by atoms with van der Waals surface area (Å²) in [6, 6.07) is 15.6. The molecule has 39 heavy (non-hydrogen) atoms. The first-order valence-corrected chi connectivity index (χ1v) is 15.0. The Morgan fingerprint density at radius 2 is 1.49 bits per heavy atom. The molecule has 6 nitrogen and oxygen atoms in total. The van der Waals surface area contributed by atoms with Crippen LogP contribution >= 0.6 is 21.6 Å². The fourth-order valence-electron chi connectivity index (χ4n) is 4.20. The highest BCUT2D eigenvalue weighted by Gasteiger charge is 2.50. The summed E-state index contributed by atoms with van der Waals surface area (Å²) in [5.74, 6) is -1.02. The lowest BCUT2D eigenvalue weighted by Crippen LogP contribution is -2.49. The molecule has 1 aliphatic rings. The minimum Gasteiger partial charge on any atom is -0.370 e. The number of carbonyl (C=O) groups excluding carboxylic acids is 3. The summed E-state index contributed by atoms with van der Waals surface area (Å²) in [6.07, 6.45) is 11.6. The van der Waals surface area contributed by atoms with E-state index in [4.69, 9.17) is 17.2 Å². The summed E-state index contributed by atoms with van der Waals surface area (Å²) in [4.78, 5) is 39.3. The van der Waals surface area contributed by atoms with Gasteiger partial charge in [-0.2, -0.15) is 0 Å². The van der Waals surface area contributed by atoms with Crippen LogP contribution in [0.5, 0.6) is 0 Å². The third-order valence-electron chi connectivity index (χ3n) is 6.32. The molecule has 2 unspecified atom stereocenters. The van der Waals surface area contributed by atoms with Gasteiger partial charge in [0, 0.05) is 23.7 Å². The molecule has 1 amide bonds. The van der Waals surface area contributed by atoms with E-state index in [1.165, 1.54) is 33.7 Å². The van der Waals surface area contributed by atoms with Gasteiger partial charge in [-0.3, -0.25) is 14.4 Å². The molecule has 0 heterocycles. The molecule has 0 radical (unpaired) electrons. The molecule has 0 aromatic heterocycles. The normalized spacial score (nSPS) is 19.1. The number of rotatable bonds is 13. The topological polar surface area (TPSA) is 129 Å². The highest BCUT2D eigenvalue weighted by atomic mass is 33.1. The van der Waals surface area contributed by atoms with Gasteiger partial charge in [-0.25, -0.2) is 0 Å². The van der Waals surface area contributed by atoms with Crippen LogP contribution in [0.4, 0.5) is 0 Å². The Labute approximate surface area is 238 Å². The van der Waals surface area contributed by atoms with Gasteiger partial charge in [-0.05, 0) is 43.5 Å². The minimum atomic E-state index is -1.30. The summed E-state index contributed by atoms with van der Waals surface area (Å²) in [5.41, 5.74) is 21.7. The van der Waals surface area contributed by atoms with Crippen molar-refractivity contribution in [2.75, 3.05) is 5.75 Å². The largest absolute Gasteiger partial charge is 0.370 e. The predicted molar refractivity (Wildman–Crippen MR) is 165 cm³/mol. The van der Waals surface area contributed by atoms with E-state index in [0.29, 0.717) is 11.3 Å². The van der Waals surface area contributed by atoms with Gasteiger partial charge in [-0.15, -0.1) is 0 Å². The van der Waals surface area contributed by atoms with Gasteiger partial charge in [-0.1, -0.05) is 112 Å². The third kappa shape index (κ3) is 8.41. The lowest BCUT2D eigenvalue weighted by molar-refractivity contribution is -0.119. The van der Waals surface area contributed by atoms with Crippen molar-refractivity contribution in [3.63, 3.8) is 0 Å². The minimum absolute atomic E-state index is 0.151. The Balaban J connectivity index is 2.04. The highest BCUT2D eigenvalue weighted by Crippen LogP contribution is 2.51. The number of nitrogens with two attached hydrogens (primary N) is 3. The number of hydrogen-bond donors (Lipinski definition) is 3. The van der Waals surface area contributed by atoms with Crippen molar-refractivity contribution >= 4 is 51.2 Å². The van der Waals surface area contributed by atoms with Crippen LogP contribution in [0.1, 0.15) is 35.1 Å². The smallest absolute Gasteiger partial charge is 0.218 e. The number of ketones is 2. The first-order valence-electron chi connectivity index (χ1n) is 12.7. The molecule has 0 saturated heterocycles. The Kier molecular flexibility index (Phi) is 11.1. The van der Waals surface area contributed by atoms with Crippen LogP contribution in [0.15, 0.2) is 84.5 Å². The predicted octanol–water partition coefficient (Wildman–Crippen LogP) is 4.91. The van der Waals surface area contributed by atoms with Crippen molar-refractivity contribution in [1.82, 2.24) is 0 Å². The lowest BCUT2D eigenvalue weighted by atomic mass is 9.74. The number of carbonyl (C=O) groups is 3. The number of primary amides is 1. The fraction of sp³-hybridized carbons (Fsp3) is 0.258. The van der Waals surface area contributed by atoms with E-state index in [0.717, 1.165) is 22.3 Å². The molecule has 2 atom stereocenters. The molecular formula is C31H35N3O3S2. The first-order chi connectivity index (χ1) is 18.6. The van der Waals surface area contributed by atoms with Crippen molar-refractivity contribution in [3.8, 4) is 0 Å². The van der Waals surface area contributed by atoms with E-state index in [1.807, 2.05) is 68.5 Å².